The molecular formula is C14H24O. The number of rotatable bonds is 5. The Bertz CT molecular complexity index is 238. The summed E-state index contributed by atoms with van der Waals surface area (Å²) in [6, 6.07) is 0. The summed E-state index contributed by atoms with van der Waals surface area (Å²) in [6.07, 6.45) is 8.51. The first-order chi connectivity index (χ1) is 7.15. The van der Waals surface area contributed by atoms with Crippen LogP contribution in [0.4, 0.5) is 0 Å². The van der Waals surface area contributed by atoms with Gasteiger partial charge in [0.05, 0.1) is 0 Å². The summed E-state index contributed by atoms with van der Waals surface area (Å²) < 4.78 is 0. The van der Waals surface area contributed by atoms with Gasteiger partial charge in [-0.05, 0) is 50.0 Å². The molecule has 0 saturated heterocycles. The summed E-state index contributed by atoms with van der Waals surface area (Å²) in [4.78, 5) is 11.0. The van der Waals surface area contributed by atoms with E-state index in [1.807, 2.05) is 0 Å². The summed E-state index contributed by atoms with van der Waals surface area (Å²) >= 11 is 0. The SMILES string of the molecule is CC1=C(C=O)[C@@H](CCCC(C)C)CCC1. The molecule has 15 heavy (non-hydrogen) atoms. The predicted octanol–water partition coefficient (Wildman–Crippen LogP) is 4.13. The van der Waals surface area contributed by atoms with Crippen LogP contribution in [0.1, 0.15) is 59.3 Å². The third kappa shape index (κ3) is 3.81. The highest BCUT2D eigenvalue weighted by molar-refractivity contribution is 5.75. The lowest BCUT2D eigenvalue weighted by molar-refractivity contribution is -0.105. The first kappa shape index (κ1) is 12.5. The molecule has 0 spiro atoms. The zero-order valence-corrected chi connectivity index (χ0v) is 10.4. The lowest BCUT2D eigenvalue weighted by Gasteiger charge is -2.24. The second-order valence-electron chi connectivity index (χ2n) is 5.27. The quantitative estimate of drug-likeness (QED) is 0.621. The maximum atomic E-state index is 11.0. The standard InChI is InChI=1S/C14H24O/c1-11(2)6-4-8-13-9-5-7-12(3)14(13)10-15/h10-11,13H,4-9H2,1-3H3/t13-/m0/s1. The van der Waals surface area contributed by atoms with Crippen molar-refractivity contribution in [2.75, 3.05) is 0 Å². The molecule has 1 aliphatic carbocycles. The van der Waals surface area contributed by atoms with Crippen molar-refractivity contribution in [3.8, 4) is 0 Å². The Labute approximate surface area is 93.9 Å². The number of hydrogen-bond donors (Lipinski definition) is 0. The second-order valence-corrected chi connectivity index (χ2v) is 5.27. The average Bonchev–Trinajstić information content (AvgIpc) is 2.17. The van der Waals surface area contributed by atoms with Gasteiger partial charge in [0.15, 0.2) is 0 Å². The minimum absolute atomic E-state index is 0.565. The molecule has 0 fully saturated rings. The van der Waals surface area contributed by atoms with Crippen LogP contribution < -0.4 is 0 Å². The summed E-state index contributed by atoms with van der Waals surface area (Å²) in [5.41, 5.74) is 2.45. The topological polar surface area (TPSA) is 17.1 Å². The van der Waals surface area contributed by atoms with E-state index in [-0.39, 0.29) is 0 Å². The first-order valence-electron chi connectivity index (χ1n) is 6.30. The van der Waals surface area contributed by atoms with Gasteiger partial charge in [-0.2, -0.15) is 0 Å². The van der Waals surface area contributed by atoms with E-state index in [0.29, 0.717) is 5.92 Å². The molecule has 0 saturated carbocycles. The highest BCUT2D eigenvalue weighted by Crippen LogP contribution is 2.32. The Morgan fingerprint density at radius 2 is 2.20 bits per heavy atom. The molecule has 0 N–H and O–H groups in total. The zero-order chi connectivity index (χ0) is 11.3. The third-order valence-electron chi connectivity index (χ3n) is 3.50. The van der Waals surface area contributed by atoms with E-state index in [0.717, 1.165) is 24.2 Å². The van der Waals surface area contributed by atoms with Gasteiger partial charge in [-0.25, -0.2) is 0 Å². The average molecular weight is 208 g/mol. The molecule has 1 heteroatoms. The smallest absolute Gasteiger partial charge is 0.146 e. The van der Waals surface area contributed by atoms with Crippen LogP contribution in [0.5, 0.6) is 0 Å². The van der Waals surface area contributed by atoms with Crippen LogP contribution in [-0.4, -0.2) is 6.29 Å². The Morgan fingerprint density at radius 1 is 1.47 bits per heavy atom. The highest BCUT2D eigenvalue weighted by atomic mass is 16.1. The van der Waals surface area contributed by atoms with Crippen LogP contribution in [-0.2, 0) is 4.79 Å². The molecule has 0 aliphatic heterocycles. The molecule has 0 aromatic carbocycles. The monoisotopic (exact) mass is 208 g/mol. The van der Waals surface area contributed by atoms with E-state index in [1.54, 1.807) is 0 Å². The van der Waals surface area contributed by atoms with E-state index in [9.17, 15) is 4.79 Å². The van der Waals surface area contributed by atoms with E-state index < -0.39 is 0 Å². The fourth-order valence-electron chi connectivity index (χ4n) is 2.53. The highest BCUT2D eigenvalue weighted by Gasteiger charge is 2.20. The summed E-state index contributed by atoms with van der Waals surface area (Å²) in [7, 11) is 0. The van der Waals surface area contributed by atoms with Crippen molar-refractivity contribution in [1.82, 2.24) is 0 Å². The van der Waals surface area contributed by atoms with Gasteiger partial charge in [-0.3, -0.25) is 4.79 Å². The molecule has 0 amide bonds. The fourth-order valence-corrected chi connectivity index (χ4v) is 2.53. The van der Waals surface area contributed by atoms with Crippen molar-refractivity contribution < 1.29 is 4.79 Å². The number of carbonyl (C=O) groups excluding carboxylic acids is 1. The number of allylic oxidation sites excluding steroid dienone is 2. The molecule has 1 nitrogen and oxygen atoms in total. The van der Waals surface area contributed by atoms with Crippen LogP contribution in [0, 0.1) is 11.8 Å². The maximum absolute atomic E-state index is 11.0. The van der Waals surface area contributed by atoms with Gasteiger partial charge < -0.3 is 0 Å². The Hall–Kier alpha value is -0.590. The van der Waals surface area contributed by atoms with Gasteiger partial charge in [0.2, 0.25) is 0 Å². The molecule has 0 heterocycles. The molecule has 0 radical (unpaired) electrons. The molecule has 1 rings (SSSR count). The lowest BCUT2D eigenvalue weighted by Crippen LogP contribution is -2.13. The molecule has 0 unspecified atom stereocenters. The van der Waals surface area contributed by atoms with Crippen molar-refractivity contribution in [3.63, 3.8) is 0 Å². The summed E-state index contributed by atoms with van der Waals surface area (Å²) in [5.74, 6) is 1.35. The van der Waals surface area contributed by atoms with Crippen molar-refractivity contribution in [3.05, 3.63) is 11.1 Å². The molecule has 1 aliphatic rings. The van der Waals surface area contributed by atoms with Gasteiger partial charge >= 0.3 is 0 Å². The van der Waals surface area contributed by atoms with Crippen LogP contribution in [0.15, 0.2) is 11.1 Å². The van der Waals surface area contributed by atoms with E-state index in [4.69, 9.17) is 0 Å². The molecule has 1 atom stereocenters. The second kappa shape index (κ2) is 6.09. The predicted molar refractivity (Wildman–Crippen MR) is 64.8 cm³/mol. The number of hydrogen-bond acceptors (Lipinski definition) is 1. The zero-order valence-electron chi connectivity index (χ0n) is 10.4. The van der Waals surface area contributed by atoms with Gasteiger partial charge in [0.1, 0.15) is 6.29 Å². The number of aldehydes is 1. The minimum Gasteiger partial charge on any atom is -0.298 e. The fraction of sp³-hybridized carbons (Fsp3) is 0.786. The van der Waals surface area contributed by atoms with E-state index in [2.05, 4.69) is 20.8 Å². The van der Waals surface area contributed by atoms with Crippen LogP contribution in [0.3, 0.4) is 0 Å². The molecule has 0 aromatic heterocycles. The maximum Gasteiger partial charge on any atom is 0.146 e. The minimum atomic E-state index is 0.565. The molecule has 0 aromatic rings. The first-order valence-corrected chi connectivity index (χ1v) is 6.30. The van der Waals surface area contributed by atoms with Crippen molar-refractivity contribution in [1.29, 1.82) is 0 Å². The Balaban J connectivity index is 2.46. The summed E-state index contributed by atoms with van der Waals surface area (Å²) in [6.45, 7) is 6.66. The van der Waals surface area contributed by atoms with E-state index >= 15 is 0 Å². The van der Waals surface area contributed by atoms with Gasteiger partial charge in [-0.1, -0.05) is 32.3 Å². The summed E-state index contributed by atoms with van der Waals surface area (Å²) in [5, 5.41) is 0. The van der Waals surface area contributed by atoms with Gasteiger partial charge in [0, 0.05) is 0 Å². The van der Waals surface area contributed by atoms with Gasteiger partial charge in [-0.15, -0.1) is 0 Å². The van der Waals surface area contributed by atoms with Crippen molar-refractivity contribution in [2.24, 2.45) is 11.8 Å². The normalized spacial score (nSPS) is 22.3. The molecule has 0 bridgehead atoms. The van der Waals surface area contributed by atoms with Gasteiger partial charge in [0.25, 0.3) is 0 Å². The van der Waals surface area contributed by atoms with E-state index in [1.165, 1.54) is 37.7 Å². The van der Waals surface area contributed by atoms with Crippen LogP contribution in [0.25, 0.3) is 0 Å². The Morgan fingerprint density at radius 3 is 2.80 bits per heavy atom. The Kier molecular flexibility index (Phi) is 5.07. The van der Waals surface area contributed by atoms with Crippen LogP contribution in [0.2, 0.25) is 0 Å². The molecule has 86 valence electrons. The number of carbonyl (C=O) groups is 1. The van der Waals surface area contributed by atoms with Crippen molar-refractivity contribution >= 4 is 6.29 Å². The third-order valence-corrected chi connectivity index (χ3v) is 3.50. The lowest BCUT2D eigenvalue weighted by atomic mass is 9.81. The largest absolute Gasteiger partial charge is 0.298 e. The van der Waals surface area contributed by atoms with Crippen LogP contribution >= 0.6 is 0 Å². The molecular weight excluding hydrogens is 184 g/mol. The van der Waals surface area contributed by atoms with Crippen molar-refractivity contribution in [2.45, 2.75) is 59.3 Å².